The molecule has 4 aromatic rings. The minimum Gasteiger partial charge on any atom is -0.508 e. The molecule has 0 fully saturated rings. The first kappa shape index (κ1) is 17.3. The van der Waals surface area contributed by atoms with E-state index < -0.39 is 5.63 Å². The maximum Gasteiger partial charge on any atom is 0.347 e. The van der Waals surface area contributed by atoms with Gasteiger partial charge in [0.25, 0.3) is 0 Å². The fourth-order valence-electron chi connectivity index (χ4n) is 3.39. The van der Waals surface area contributed by atoms with Gasteiger partial charge in [-0.25, -0.2) is 9.78 Å². The van der Waals surface area contributed by atoms with Gasteiger partial charge in [-0.05, 0) is 42.7 Å². The summed E-state index contributed by atoms with van der Waals surface area (Å²) in [5.74, 6) is 0.669. The van der Waals surface area contributed by atoms with E-state index in [-0.39, 0.29) is 5.75 Å². The van der Waals surface area contributed by atoms with Crippen molar-refractivity contribution in [1.29, 1.82) is 0 Å². The summed E-state index contributed by atoms with van der Waals surface area (Å²) in [6.07, 6.45) is 5.35. The Bertz CT molecular complexity index is 1120. The van der Waals surface area contributed by atoms with E-state index in [4.69, 9.17) is 4.42 Å². The number of hydrogen-bond donors (Lipinski definition) is 2. The average molecular weight is 362 g/mol. The van der Waals surface area contributed by atoms with E-state index in [2.05, 4.69) is 16.9 Å². The molecule has 2 heterocycles. The van der Waals surface area contributed by atoms with Gasteiger partial charge in [0.1, 0.15) is 22.7 Å². The molecule has 0 bridgehead atoms. The van der Waals surface area contributed by atoms with Crippen LogP contribution in [0.2, 0.25) is 0 Å². The van der Waals surface area contributed by atoms with Crippen molar-refractivity contribution in [3.05, 3.63) is 58.4 Å². The first-order chi connectivity index (χ1) is 13.2. The van der Waals surface area contributed by atoms with Gasteiger partial charge in [-0.3, -0.25) is 0 Å². The summed E-state index contributed by atoms with van der Waals surface area (Å²) in [5, 5.41) is 11.0. The predicted octanol–water partition coefficient (Wildman–Crippen LogP) is 5.16. The van der Waals surface area contributed by atoms with Gasteiger partial charge in [-0.2, -0.15) is 0 Å². The Labute approximate surface area is 156 Å². The molecule has 0 unspecified atom stereocenters. The van der Waals surface area contributed by atoms with Crippen molar-refractivity contribution >= 4 is 22.0 Å². The number of unbranched alkanes of at least 4 members (excludes halogenated alkanes) is 3. The zero-order chi connectivity index (χ0) is 18.8. The number of nitrogens with zero attached hydrogens (tertiary/aromatic N) is 1. The molecule has 0 saturated carbocycles. The molecule has 2 aromatic heterocycles. The molecule has 5 nitrogen and oxygen atoms in total. The Morgan fingerprint density at radius 2 is 1.96 bits per heavy atom. The van der Waals surface area contributed by atoms with Gasteiger partial charge in [0, 0.05) is 11.5 Å². The third-order valence-electron chi connectivity index (χ3n) is 4.88. The van der Waals surface area contributed by atoms with Gasteiger partial charge in [0.2, 0.25) is 0 Å². The molecule has 2 N–H and O–H groups in total. The number of aromatic nitrogens is 2. The van der Waals surface area contributed by atoms with E-state index in [1.165, 1.54) is 18.9 Å². The number of benzene rings is 2. The predicted molar refractivity (Wildman–Crippen MR) is 107 cm³/mol. The first-order valence-electron chi connectivity index (χ1n) is 9.40. The lowest BCUT2D eigenvalue weighted by Gasteiger charge is -2.07. The van der Waals surface area contributed by atoms with Crippen molar-refractivity contribution < 1.29 is 9.52 Å². The number of nitrogens with one attached hydrogen (secondary N) is 1. The SMILES string of the molecule is CCCCCCc1cc2cc(-c3nc4ccccc4[nH]3)c(=O)oc2cc1O. The molecule has 2 aromatic carbocycles. The lowest BCUT2D eigenvalue weighted by atomic mass is 10.0. The van der Waals surface area contributed by atoms with E-state index in [9.17, 15) is 9.90 Å². The molecule has 0 aliphatic rings. The smallest absolute Gasteiger partial charge is 0.347 e. The summed E-state index contributed by atoms with van der Waals surface area (Å²) in [6, 6.07) is 12.9. The van der Waals surface area contributed by atoms with Gasteiger partial charge in [0.15, 0.2) is 0 Å². The van der Waals surface area contributed by atoms with E-state index in [0.717, 1.165) is 41.2 Å². The molecule has 0 spiro atoms. The van der Waals surface area contributed by atoms with Gasteiger partial charge in [0.05, 0.1) is 11.0 Å². The van der Waals surface area contributed by atoms with Gasteiger partial charge >= 0.3 is 5.63 Å². The Kier molecular flexibility index (Phi) is 4.67. The topological polar surface area (TPSA) is 79.1 Å². The third-order valence-corrected chi connectivity index (χ3v) is 4.88. The molecular formula is C22H22N2O3. The zero-order valence-electron chi connectivity index (χ0n) is 15.3. The van der Waals surface area contributed by atoms with Gasteiger partial charge < -0.3 is 14.5 Å². The number of fused-ring (bicyclic) bond motifs is 2. The number of phenols is 1. The maximum absolute atomic E-state index is 12.4. The van der Waals surface area contributed by atoms with Crippen LogP contribution in [0.3, 0.4) is 0 Å². The van der Waals surface area contributed by atoms with E-state index in [1.807, 2.05) is 30.3 Å². The first-order valence-corrected chi connectivity index (χ1v) is 9.40. The zero-order valence-corrected chi connectivity index (χ0v) is 15.3. The van der Waals surface area contributed by atoms with Gasteiger partial charge in [-0.15, -0.1) is 0 Å². The van der Waals surface area contributed by atoms with Crippen LogP contribution < -0.4 is 5.63 Å². The third kappa shape index (κ3) is 3.45. The van der Waals surface area contributed by atoms with Crippen LogP contribution >= 0.6 is 0 Å². The standard InChI is InChI=1S/C22H22N2O3/c1-2-3-4-5-8-14-11-15-12-16(22(26)27-20(15)13-19(14)25)21-23-17-9-6-7-10-18(17)24-21/h6-7,9-13,25H,2-5,8H2,1H3,(H,23,24). The van der Waals surface area contributed by atoms with Crippen LogP contribution in [-0.2, 0) is 6.42 Å². The number of rotatable bonds is 6. The van der Waals surface area contributed by atoms with E-state index in [1.54, 1.807) is 6.07 Å². The summed E-state index contributed by atoms with van der Waals surface area (Å²) in [4.78, 5) is 20.1. The second-order valence-corrected chi connectivity index (χ2v) is 6.88. The van der Waals surface area contributed by atoms with Crippen molar-refractivity contribution in [1.82, 2.24) is 9.97 Å². The summed E-state index contributed by atoms with van der Waals surface area (Å²) in [7, 11) is 0. The van der Waals surface area contributed by atoms with Crippen molar-refractivity contribution in [2.24, 2.45) is 0 Å². The number of hydrogen-bond acceptors (Lipinski definition) is 4. The average Bonchev–Trinajstić information content (AvgIpc) is 3.09. The molecule has 4 rings (SSSR count). The summed E-state index contributed by atoms with van der Waals surface area (Å²) in [6.45, 7) is 2.18. The van der Waals surface area contributed by atoms with Crippen LogP contribution in [-0.4, -0.2) is 15.1 Å². The lowest BCUT2D eigenvalue weighted by Crippen LogP contribution is -2.04. The number of imidazole rings is 1. The summed E-state index contributed by atoms with van der Waals surface area (Å²) >= 11 is 0. The molecule has 0 atom stereocenters. The number of aromatic hydroxyl groups is 1. The fraction of sp³-hybridized carbons (Fsp3) is 0.273. The Balaban J connectivity index is 1.74. The Hall–Kier alpha value is -3.08. The second-order valence-electron chi connectivity index (χ2n) is 6.88. The number of aromatic amines is 1. The highest BCUT2D eigenvalue weighted by atomic mass is 16.4. The molecule has 27 heavy (non-hydrogen) atoms. The van der Waals surface area contributed by atoms with Crippen molar-refractivity contribution in [3.8, 4) is 17.1 Å². The van der Waals surface area contributed by atoms with Gasteiger partial charge in [-0.1, -0.05) is 38.3 Å². The fourth-order valence-corrected chi connectivity index (χ4v) is 3.39. The second kappa shape index (κ2) is 7.27. The molecule has 5 heteroatoms. The van der Waals surface area contributed by atoms with Crippen LogP contribution in [0.5, 0.6) is 5.75 Å². The molecule has 0 amide bonds. The number of para-hydroxylation sites is 2. The van der Waals surface area contributed by atoms with Crippen LogP contribution in [0.4, 0.5) is 0 Å². The highest BCUT2D eigenvalue weighted by Gasteiger charge is 2.14. The van der Waals surface area contributed by atoms with E-state index >= 15 is 0 Å². The van der Waals surface area contributed by atoms with Crippen LogP contribution in [0, 0.1) is 0 Å². The minimum absolute atomic E-state index is 0.179. The number of aryl methyl sites for hydroxylation is 1. The Morgan fingerprint density at radius 1 is 1.11 bits per heavy atom. The van der Waals surface area contributed by atoms with Crippen molar-refractivity contribution in [3.63, 3.8) is 0 Å². The quantitative estimate of drug-likeness (QED) is 0.366. The number of H-pyrrole nitrogens is 1. The Morgan fingerprint density at radius 3 is 2.78 bits per heavy atom. The maximum atomic E-state index is 12.4. The normalized spacial score (nSPS) is 11.4. The van der Waals surface area contributed by atoms with Crippen LogP contribution in [0.25, 0.3) is 33.4 Å². The monoisotopic (exact) mass is 362 g/mol. The van der Waals surface area contributed by atoms with Crippen LogP contribution in [0.1, 0.15) is 38.2 Å². The number of phenolic OH excluding ortho intramolecular Hbond substituents is 1. The summed E-state index contributed by atoms with van der Waals surface area (Å²) in [5.41, 5.74) is 2.85. The van der Waals surface area contributed by atoms with E-state index in [0.29, 0.717) is 17.0 Å². The minimum atomic E-state index is -0.475. The largest absolute Gasteiger partial charge is 0.508 e. The van der Waals surface area contributed by atoms with Crippen LogP contribution in [0.15, 0.2) is 51.7 Å². The molecular weight excluding hydrogens is 340 g/mol. The lowest BCUT2D eigenvalue weighted by molar-refractivity contribution is 0.464. The molecule has 0 aliphatic heterocycles. The summed E-state index contributed by atoms with van der Waals surface area (Å²) < 4.78 is 5.45. The molecule has 0 aliphatic carbocycles. The highest BCUT2D eigenvalue weighted by Crippen LogP contribution is 2.28. The van der Waals surface area contributed by atoms with Crippen molar-refractivity contribution in [2.45, 2.75) is 39.0 Å². The molecule has 138 valence electrons. The van der Waals surface area contributed by atoms with Crippen molar-refractivity contribution in [2.75, 3.05) is 0 Å². The molecule has 0 saturated heterocycles. The molecule has 0 radical (unpaired) electrons. The highest BCUT2D eigenvalue weighted by molar-refractivity contribution is 5.85.